The maximum Gasteiger partial charge on any atom is 0.0581 e. The number of fused-ring (bicyclic) bond motifs is 1. The molecule has 1 fully saturated rings. The molecule has 3 N–H and O–H groups in total. The number of nitrogens with two attached hydrogens (primary N) is 1. The van der Waals surface area contributed by atoms with Crippen LogP contribution in [0.15, 0.2) is 6.07 Å². The molecule has 1 aliphatic heterocycles. The molecule has 3 unspecified atom stereocenters. The van der Waals surface area contributed by atoms with Crippen molar-refractivity contribution >= 4 is 23.1 Å². The molecule has 112 valence electrons. The Labute approximate surface area is 130 Å². The van der Waals surface area contributed by atoms with E-state index < -0.39 is 0 Å². The summed E-state index contributed by atoms with van der Waals surface area (Å²) < 4.78 is 0. The summed E-state index contributed by atoms with van der Waals surface area (Å²) in [7, 11) is 0. The summed E-state index contributed by atoms with van der Waals surface area (Å²) in [6, 6.07) is 2.82. The van der Waals surface area contributed by atoms with Crippen LogP contribution in [0.3, 0.4) is 0 Å². The van der Waals surface area contributed by atoms with Crippen molar-refractivity contribution in [2.24, 2.45) is 17.7 Å². The highest BCUT2D eigenvalue weighted by Gasteiger charge is 2.30. The van der Waals surface area contributed by atoms with Gasteiger partial charge in [0.05, 0.1) is 6.04 Å². The molecule has 1 aliphatic carbocycles. The van der Waals surface area contributed by atoms with Crippen LogP contribution in [0.5, 0.6) is 0 Å². The first-order valence-corrected chi connectivity index (χ1v) is 9.94. The van der Waals surface area contributed by atoms with E-state index >= 15 is 0 Å². The van der Waals surface area contributed by atoms with E-state index in [-0.39, 0.29) is 0 Å². The molecule has 3 rings (SSSR count). The summed E-state index contributed by atoms with van der Waals surface area (Å²) in [5.41, 5.74) is 4.72. The van der Waals surface area contributed by atoms with Crippen LogP contribution >= 0.6 is 23.1 Å². The molecule has 4 heteroatoms. The van der Waals surface area contributed by atoms with Crippen LogP contribution in [0.4, 0.5) is 0 Å². The molecule has 1 aromatic heterocycles. The summed E-state index contributed by atoms with van der Waals surface area (Å²) in [6.07, 6.45) is 8.06. The second-order valence-electron chi connectivity index (χ2n) is 6.25. The van der Waals surface area contributed by atoms with Gasteiger partial charge in [0.2, 0.25) is 0 Å². The van der Waals surface area contributed by atoms with Gasteiger partial charge >= 0.3 is 0 Å². The Hall–Kier alpha value is -0.0300. The van der Waals surface area contributed by atoms with Gasteiger partial charge in [0, 0.05) is 15.5 Å². The van der Waals surface area contributed by atoms with Gasteiger partial charge in [0.25, 0.3) is 0 Å². The van der Waals surface area contributed by atoms with Crippen LogP contribution < -0.4 is 11.3 Å². The molecule has 1 aromatic rings. The highest BCUT2D eigenvalue weighted by atomic mass is 32.2. The molecule has 2 heterocycles. The minimum atomic E-state index is 0.380. The second kappa shape index (κ2) is 6.82. The molecule has 0 aromatic carbocycles. The lowest BCUT2D eigenvalue weighted by Gasteiger charge is -2.33. The molecule has 1 saturated carbocycles. The fourth-order valence-electron chi connectivity index (χ4n) is 3.78. The average Bonchev–Trinajstić information content (AvgIpc) is 2.91. The number of rotatable bonds is 4. The number of hydrazine groups is 1. The van der Waals surface area contributed by atoms with E-state index in [1.54, 1.807) is 10.4 Å². The smallest absolute Gasteiger partial charge is 0.0581 e. The SMILES string of the molecule is CCC1CCCC(C(NN)c2cc3c(s2)CCSC3)C1. The first-order valence-electron chi connectivity index (χ1n) is 7.97. The highest BCUT2D eigenvalue weighted by Crippen LogP contribution is 2.42. The number of aryl methyl sites for hydroxylation is 1. The summed E-state index contributed by atoms with van der Waals surface area (Å²) in [5.74, 6) is 10.1. The largest absolute Gasteiger partial charge is 0.271 e. The Morgan fingerprint density at radius 2 is 2.35 bits per heavy atom. The number of thioether (sulfide) groups is 1. The van der Waals surface area contributed by atoms with Gasteiger partial charge in [0.1, 0.15) is 0 Å². The highest BCUT2D eigenvalue weighted by molar-refractivity contribution is 7.98. The van der Waals surface area contributed by atoms with Gasteiger partial charge in [-0.15, -0.1) is 11.3 Å². The minimum Gasteiger partial charge on any atom is -0.271 e. The molecule has 0 radical (unpaired) electrons. The van der Waals surface area contributed by atoms with Crippen LogP contribution in [0.25, 0.3) is 0 Å². The van der Waals surface area contributed by atoms with Crippen LogP contribution in [0, 0.1) is 11.8 Å². The van der Waals surface area contributed by atoms with E-state index in [1.165, 1.54) is 54.9 Å². The standard InChI is InChI=1S/C16H26N2S2/c1-2-11-4-3-5-12(8-11)16(18-17)15-9-13-10-19-7-6-14(13)20-15/h9,11-12,16,18H,2-8,10,17H2,1H3. The quantitative estimate of drug-likeness (QED) is 0.644. The fourth-order valence-corrected chi connectivity index (χ4v) is 6.31. The lowest BCUT2D eigenvalue weighted by Crippen LogP contribution is -2.35. The Kier molecular flexibility index (Phi) is 5.08. The first-order chi connectivity index (χ1) is 9.81. The van der Waals surface area contributed by atoms with Crippen molar-refractivity contribution in [1.82, 2.24) is 5.43 Å². The van der Waals surface area contributed by atoms with Crippen molar-refractivity contribution in [2.75, 3.05) is 5.75 Å². The fraction of sp³-hybridized carbons (Fsp3) is 0.750. The summed E-state index contributed by atoms with van der Waals surface area (Å²) in [6.45, 7) is 2.33. The molecule has 0 saturated heterocycles. The number of hydrogen-bond donors (Lipinski definition) is 2. The van der Waals surface area contributed by atoms with E-state index in [0.29, 0.717) is 6.04 Å². The van der Waals surface area contributed by atoms with Crippen molar-refractivity contribution in [3.8, 4) is 0 Å². The van der Waals surface area contributed by atoms with Gasteiger partial charge in [-0.25, -0.2) is 0 Å². The van der Waals surface area contributed by atoms with Crippen LogP contribution in [0.1, 0.15) is 60.4 Å². The molecule has 20 heavy (non-hydrogen) atoms. The number of hydrogen-bond acceptors (Lipinski definition) is 4. The zero-order valence-corrected chi connectivity index (χ0v) is 14.0. The minimum absolute atomic E-state index is 0.380. The van der Waals surface area contributed by atoms with E-state index in [9.17, 15) is 0 Å². The molecule has 2 aliphatic rings. The number of thiophene rings is 1. The van der Waals surface area contributed by atoms with E-state index in [1.807, 2.05) is 11.3 Å². The zero-order chi connectivity index (χ0) is 13.9. The molecule has 0 bridgehead atoms. The third kappa shape index (κ3) is 3.08. The van der Waals surface area contributed by atoms with Gasteiger partial charge in [-0.3, -0.25) is 11.3 Å². The van der Waals surface area contributed by atoms with Gasteiger partial charge in [0.15, 0.2) is 0 Å². The Balaban J connectivity index is 1.76. The molecular weight excluding hydrogens is 284 g/mol. The Morgan fingerprint density at radius 1 is 1.45 bits per heavy atom. The first kappa shape index (κ1) is 14.9. The predicted molar refractivity (Wildman–Crippen MR) is 90.0 cm³/mol. The van der Waals surface area contributed by atoms with Crippen LogP contribution in [-0.4, -0.2) is 5.75 Å². The van der Waals surface area contributed by atoms with Gasteiger partial charge in [-0.1, -0.05) is 26.2 Å². The van der Waals surface area contributed by atoms with Gasteiger partial charge in [-0.2, -0.15) is 11.8 Å². The Morgan fingerprint density at radius 3 is 3.10 bits per heavy atom. The molecule has 0 amide bonds. The third-order valence-corrected chi connectivity index (χ3v) is 7.33. The predicted octanol–water partition coefficient (Wildman–Crippen LogP) is 4.26. The third-order valence-electron chi connectivity index (χ3n) is 5.00. The summed E-state index contributed by atoms with van der Waals surface area (Å²) in [5, 5.41) is 0. The summed E-state index contributed by atoms with van der Waals surface area (Å²) in [4.78, 5) is 3.10. The van der Waals surface area contributed by atoms with Crippen molar-refractivity contribution in [3.63, 3.8) is 0 Å². The monoisotopic (exact) mass is 310 g/mol. The molecular formula is C16H26N2S2. The number of nitrogens with one attached hydrogen (secondary N) is 1. The lowest BCUT2D eigenvalue weighted by molar-refractivity contribution is 0.212. The van der Waals surface area contributed by atoms with Gasteiger partial charge in [-0.05, 0) is 48.5 Å². The summed E-state index contributed by atoms with van der Waals surface area (Å²) >= 11 is 4.08. The molecule has 3 atom stereocenters. The second-order valence-corrected chi connectivity index (χ2v) is 8.52. The van der Waals surface area contributed by atoms with Crippen molar-refractivity contribution < 1.29 is 0 Å². The zero-order valence-electron chi connectivity index (χ0n) is 12.4. The average molecular weight is 311 g/mol. The van der Waals surface area contributed by atoms with E-state index in [0.717, 1.165) is 11.8 Å². The van der Waals surface area contributed by atoms with Crippen molar-refractivity contribution in [2.45, 2.75) is 57.2 Å². The lowest BCUT2D eigenvalue weighted by atomic mass is 9.76. The van der Waals surface area contributed by atoms with Crippen LogP contribution in [0.2, 0.25) is 0 Å². The van der Waals surface area contributed by atoms with Crippen LogP contribution in [-0.2, 0) is 12.2 Å². The molecule has 2 nitrogen and oxygen atoms in total. The van der Waals surface area contributed by atoms with E-state index in [4.69, 9.17) is 5.84 Å². The maximum absolute atomic E-state index is 5.93. The topological polar surface area (TPSA) is 38.0 Å². The van der Waals surface area contributed by atoms with E-state index in [2.05, 4.69) is 30.2 Å². The van der Waals surface area contributed by atoms with Crippen molar-refractivity contribution in [1.29, 1.82) is 0 Å². The normalized spacial score (nSPS) is 28.1. The maximum atomic E-state index is 5.93. The van der Waals surface area contributed by atoms with Crippen molar-refractivity contribution in [3.05, 3.63) is 21.4 Å². The molecule has 0 spiro atoms. The van der Waals surface area contributed by atoms with Gasteiger partial charge < -0.3 is 0 Å². The Bertz CT molecular complexity index is 420.